The van der Waals surface area contributed by atoms with Crippen LogP contribution in [0, 0.1) is 11.3 Å². The smallest absolute Gasteiger partial charge is 0.0991 e. The van der Waals surface area contributed by atoms with Gasteiger partial charge in [0.15, 0.2) is 0 Å². The molecule has 2 heterocycles. The van der Waals surface area contributed by atoms with Crippen molar-refractivity contribution in [3.8, 4) is 6.07 Å². The Morgan fingerprint density at radius 2 is 1.50 bits per heavy atom. The van der Waals surface area contributed by atoms with Crippen molar-refractivity contribution >= 4 is 5.69 Å². The molecule has 0 aliphatic carbocycles. The van der Waals surface area contributed by atoms with Crippen LogP contribution in [0.25, 0.3) is 0 Å². The molecule has 0 radical (unpaired) electrons. The lowest BCUT2D eigenvalue weighted by Gasteiger charge is -2.38. The highest BCUT2D eigenvalue weighted by Crippen LogP contribution is 2.25. The molecule has 0 bridgehead atoms. The molecule has 0 amide bonds. The van der Waals surface area contributed by atoms with E-state index in [1.165, 1.54) is 31.6 Å². The zero-order valence-corrected chi connectivity index (χ0v) is 14.9. The van der Waals surface area contributed by atoms with Crippen LogP contribution in [-0.2, 0) is 4.74 Å². The minimum absolute atomic E-state index is 0.412. The van der Waals surface area contributed by atoms with Crippen molar-refractivity contribution in [2.75, 3.05) is 31.1 Å². The number of hydrogen-bond donors (Lipinski definition) is 0. The van der Waals surface area contributed by atoms with Crippen LogP contribution >= 0.6 is 0 Å². The minimum atomic E-state index is 0.412. The van der Waals surface area contributed by atoms with Gasteiger partial charge in [-0.3, -0.25) is 0 Å². The molecule has 2 aliphatic heterocycles. The fourth-order valence-electron chi connectivity index (χ4n) is 3.80. The van der Waals surface area contributed by atoms with E-state index in [1.807, 2.05) is 12.1 Å². The molecule has 2 fully saturated rings. The predicted molar refractivity (Wildman–Crippen MR) is 97.2 cm³/mol. The summed E-state index contributed by atoms with van der Waals surface area (Å²) in [5, 5.41) is 8.89. The number of piperidine rings is 2. The first-order valence-corrected chi connectivity index (χ1v) is 9.30. The van der Waals surface area contributed by atoms with E-state index in [9.17, 15) is 0 Å². The highest BCUT2D eigenvalue weighted by Gasteiger charge is 2.26. The second kappa shape index (κ2) is 8.00. The molecular formula is C20H29N3O. The van der Waals surface area contributed by atoms with E-state index >= 15 is 0 Å². The number of rotatable bonds is 4. The maximum absolute atomic E-state index is 8.89. The standard InChI is InChI=1S/C20H29N3O/c1-16(2)22-11-7-19(8-12-22)24-20-9-13-23(14-10-20)18-5-3-17(15-21)4-6-18/h3-6,16,19-20H,7-14H2,1-2H3. The third-order valence-electron chi connectivity index (χ3n) is 5.40. The van der Waals surface area contributed by atoms with Gasteiger partial charge in [0, 0.05) is 37.9 Å². The molecule has 2 saturated heterocycles. The molecule has 0 atom stereocenters. The van der Waals surface area contributed by atoms with E-state index in [4.69, 9.17) is 10.00 Å². The molecule has 2 aliphatic rings. The van der Waals surface area contributed by atoms with Gasteiger partial charge in [0.05, 0.1) is 23.8 Å². The first kappa shape index (κ1) is 17.3. The van der Waals surface area contributed by atoms with Gasteiger partial charge in [-0.15, -0.1) is 0 Å². The number of likely N-dealkylation sites (tertiary alicyclic amines) is 1. The quantitative estimate of drug-likeness (QED) is 0.849. The van der Waals surface area contributed by atoms with E-state index in [0.29, 0.717) is 18.2 Å². The van der Waals surface area contributed by atoms with E-state index in [1.54, 1.807) is 0 Å². The number of hydrogen-bond acceptors (Lipinski definition) is 4. The zero-order chi connectivity index (χ0) is 16.9. The van der Waals surface area contributed by atoms with Crippen LogP contribution in [0.5, 0.6) is 0 Å². The molecule has 130 valence electrons. The number of ether oxygens (including phenoxy) is 1. The van der Waals surface area contributed by atoms with Crippen molar-refractivity contribution < 1.29 is 4.74 Å². The van der Waals surface area contributed by atoms with Crippen LogP contribution in [0.15, 0.2) is 24.3 Å². The normalized spacial score (nSPS) is 21.2. The molecule has 1 aromatic carbocycles. The zero-order valence-electron chi connectivity index (χ0n) is 14.9. The van der Waals surface area contributed by atoms with Gasteiger partial charge in [0.1, 0.15) is 0 Å². The largest absolute Gasteiger partial charge is 0.375 e. The third kappa shape index (κ3) is 4.28. The molecule has 0 aromatic heterocycles. The molecule has 0 saturated carbocycles. The summed E-state index contributed by atoms with van der Waals surface area (Å²) in [7, 11) is 0. The Bertz CT molecular complexity index is 547. The Hall–Kier alpha value is -1.57. The Morgan fingerprint density at radius 3 is 2.00 bits per heavy atom. The number of nitrogens with zero attached hydrogens (tertiary/aromatic N) is 3. The van der Waals surface area contributed by atoms with Crippen LogP contribution < -0.4 is 4.90 Å². The molecule has 24 heavy (non-hydrogen) atoms. The highest BCUT2D eigenvalue weighted by atomic mass is 16.5. The van der Waals surface area contributed by atoms with Crippen LogP contribution in [-0.4, -0.2) is 49.3 Å². The van der Waals surface area contributed by atoms with Gasteiger partial charge in [-0.05, 0) is 63.8 Å². The minimum Gasteiger partial charge on any atom is -0.375 e. The van der Waals surface area contributed by atoms with Gasteiger partial charge in [-0.2, -0.15) is 5.26 Å². The highest BCUT2D eigenvalue weighted by molar-refractivity contribution is 5.49. The lowest BCUT2D eigenvalue weighted by atomic mass is 10.0. The third-order valence-corrected chi connectivity index (χ3v) is 5.40. The predicted octanol–water partition coefficient (Wildman–Crippen LogP) is 3.42. The SMILES string of the molecule is CC(C)N1CCC(OC2CCN(c3ccc(C#N)cc3)CC2)CC1. The van der Waals surface area contributed by atoms with Gasteiger partial charge in [0.2, 0.25) is 0 Å². The van der Waals surface area contributed by atoms with E-state index in [-0.39, 0.29) is 0 Å². The molecular weight excluding hydrogens is 298 g/mol. The van der Waals surface area contributed by atoms with E-state index in [0.717, 1.165) is 31.5 Å². The fourth-order valence-corrected chi connectivity index (χ4v) is 3.80. The second-order valence-electron chi connectivity index (χ2n) is 7.31. The summed E-state index contributed by atoms with van der Waals surface area (Å²) >= 11 is 0. The topological polar surface area (TPSA) is 39.5 Å². The van der Waals surface area contributed by atoms with Crippen LogP contribution in [0.4, 0.5) is 5.69 Å². The van der Waals surface area contributed by atoms with Gasteiger partial charge in [0.25, 0.3) is 0 Å². The maximum atomic E-state index is 8.89. The second-order valence-corrected chi connectivity index (χ2v) is 7.31. The van der Waals surface area contributed by atoms with Gasteiger partial charge in [-0.25, -0.2) is 0 Å². The molecule has 0 unspecified atom stereocenters. The number of benzene rings is 1. The molecule has 0 N–H and O–H groups in total. The molecule has 4 heteroatoms. The first-order chi connectivity index (χ1) is 11.7. The van der Waals surface area contributed by atoms with Gasteiger partial charge < -0.3 is 14.5 Å². The number of anilines is 1. The van der Waals surface area contributed by atoms with Crippen molar-refractivity contribution in [3.05, 3.63) is 29.8 Å². The van der Waals surface area contributed by atoms with Gasteiger partial charge >= 0.3 is 0 Å². The molecule has 1 aromatic rings. The Labute approximate surface area is 146 Å². The van der Waals surface area contributed by atoms with Gasteiger partial charge in [-0.1, -0.05) is 0 Å². The summed E-state index contributed by atoms with van der Waals surface area (Å²) in [4.78, 5) is 4.95. The van der Waals surface area contributed by atoms with Crippen LogP contribution in [0.2, 0.25) is 0 Å². The lowest BCUT2D eigenvalue weighted by molar-refractivity contribution is -0.0540. The average Bonchev–Trinajstić information content (AvgIpc) is 2.63. The molecule has 3 rings (SSSR count). The van der Waals surface area contributed by atoms with Crippen molar-refractivity contribution in [3.63, 3.8) is 0 Å². The average molecular weight is 327 g/mol. The van der Waals surface area contributed by atoms with Crippen molar-refractivity contribution in [1.29, 1.82) is 5.26 Å². The van der Waals surface area contributed by atoms with E-state index in [2.05, 4.69) is 41.8 Å². The van der Waals surface area contributed by atoms with Crippen molar-refractivity contribution in [2.24, 2.45) is 0 Å². The molecule has 0 spiro atoms. The monoisotopic (exact) mass is 327 g/mol. The Kier molecular flexibility index (Phi) is 5.76. The van der Waals surface area contributed by atoms with Crippen LogP contribution in [0.1, 0.15) is 45.1 Å². The van der Waals surface area contributed by atoms with E-state index < -0.39 is 0 Å². The fraction of sp³-hybridized carbons (Fsp3) is 0.650. The maximum Gasteiger partial charge on any atom is 0.0991 e. The summed E-state index contributed by atoms with van der Waals surface area (Å²) in [6, 6.07) is 10.8. The lowest BCUT2D eigenvalue weighted by Crippen LogP contribution is -2.43. The Morgan fingerprint density at radius 1 is 0.958 bits per heavy atom. The van der Waals surface area contributed by atoms with Crippen molar-refractivity contribution in [2.45, 2.75) is 57.8 Å². The van der Waals surface area contributed by atoms with Crippen LogP contribution in [0.3, 0.4) is 0 Å². The Balaban J connectivity index is 1.43. The first-order valence-electron chi connectivity index (χ1n) is 9.30. The summed E-state index contributed by atoms with van der Waals surface area (Å²) in [6.45, 7) is 8.99. The van der Waals surface area contributed by atoms with Crippen molar-refractivity contribution in [1.82, 2.24) is 4.90 Å². The summed E-state index contributed by atoms with van der Waals surface area (Å²) in [5.74, 6) is 0. The molecule has 4 nitrogen and oxygen atoms in total. The summed E-state index contributed by atoms with van der Waals surface area (Å²) in [5.41, 5.74) is 1.95. The summed E-state index contributed by atoms with van der Waals surface area (Å²) < 4.78 is 6.38. The number of nitriles is 1. The summed E-state index contributed by atoms with van der Waals surface area (Å²) in [6.07, 6.45) is 5.42.